The molecule has 18 heavy (non-hydrogen) atoms. The van der Waals surface area contributed by atoms with Crippen LogP contribution in [0.25, 0.3) is 0 Å². The highest BCUT2D eigenvalue weighted by Crippen LogP contribution is 2.30. The van der Waals surface area contributed by atoms with E-state index in [2.05, 4.69) is 30.4 Å². The Bertz CT molecular complexity index is 397. The van der Waals surface area contributed by atoms with Crippen molar-refractivity contribution in [2.45, 2.75) is 31.4 Å². The van der Waals surface area contributed by atoms with Crippen molar-refractivity contribution in [1.82, 2.24) is 4.98 Å². The number of rotatable bonds is 7. The maximum Gasteiger partial charge on any atom is 0.335 e. The summed E-state index contributed by atoms with van der Waals surface area (Å²) in [7, 11) is 0. The second kappa shape index (κ2) is 6.64. The molecular formula is C13H20N2O2S. The van der Waals surface area contributed by atoms with Crippen molar-refractivity contribution < 1.29 is 9.90 Å². The van der Waals surface area contributed by atoms with E-state index < -0.39 is 5.97 Å². The van der Waals surface area contributed by atoms with Crippen molar-refractivity contribution in [2.24, 2.45) is 0 Å². The number of pyridine rings is 1. The van der Waals surface area contributed by atoms with Crippen molar-refractivity contribution in [1.29, 1.82) is 0 Å². The summed E-state index contributed by atoms with van der Waals surface area (Å²) in [6, 6.07) is 3.06. The minimum absolute atomic E-state index is 0.181. The van der Waals surface area contributed by atoms with E-state index in [9.17, 15) is 4.79 Å². The largest absolute Gasteiger partial charge is 0.478 e. The predicted molar refractivity (Wildman–Crippen MR) is 76.5 cm³/mol. The molecule has 0 unspecified atom stereocenters. The van der Waals surface area contributed by atoms with Crippen molar-refractivity contribution in [2.75, 3.05) is 18.1 Å². The number of aromatic nitrogens is 1. The van der Waals surface area contributed by atoms with Crippen LogP contribution in [0.1, 0.15) is 37.0 Å². The Morgan fingerprint density at radius 1 is 1.50 bits per heavy atom. The lowest BCUT2D eigenvalue weighted by molar-refractivity contribution is 0.0697. The molecule has 1 heterocycles. The normalized spacial score (nSPS) is 11.3. The molecule has 5 heteroatoms. The van der Waals surface area contributed by atoms with E-state index in [1.165, 1.54) is 12.3 Å². The highest BCUT2D eigenvalue weighted by Gasteiger charge is 2.24. The third-order valence-corrected chi connectivity index (χ3v) is 4.91. The standard InChI is InChI=1S/C13H20N2O2S/c1-4-13(5-2,18-3)9-15-11-8-10(12(16)17)6-7-14-11/h6-8H,4-5,9H2,1-3H3,(H,14,15)(H,16,17). The lowest BCUT2D eigenvalue weighted by atomic mass is 10.0. The van der Waals surface area contributed by atoms with Crippen LogP contribution >= 0.6 is 11.8 Å². The van der Waals surface area contributed by atoms with Crippen molar-refractivity contribution in [3.05, 3.63) is 23.9 Å². The average Bonchev–Trinajstić information content (AvgIpc) is 2.41. The molecule has 0 aliphatic rings. The van der Waals surface area contributed by atoms with Crippen molar-refractivity contribution in [3.63, 3.8) is 0 Å². The van der Waals surface area contributed by atoms with Gasteiger partial charge >= 0.3 is 5.97 Å². The number of hydrogen-bond acceptors (Lipinski definition) is 4. The SMILES string of the molecule is CCC(CC)(CNc1cc(C(=O)O)ccn1)SC. The smallest absolute Gasteiger partial charge is 0.335 e. The maximum atomic E-state index is 10.9. The second-order valence-electron chi connectivity index (χ2n) is 4.18. The zero-order chi connectivity index (χ0) is 13.6. The lowest BCUT2D eigenvalue weighted by Crippen LogP contribution is -2.32. The Kier molecular flexibility index (Phi) is 5.47. The molecule has 0 amide bonds. The zero-order valence-electron chi connectivity index (χ0n) is 11.1. The summed E-state index contributed by atoms with van der Waals surface area (Å²) in [4.78, 5) is 15.0. The van der Waals surface area contributed by atoms with Crippen LogP contribution in [0.2, 0.25) is 0 Å². The Labute approximate surface area is 112 Å². The number of nitrogens with one attached hydrogen (secondary N) is 1. The molecule has 1 rings (SSSR count). The Balaban J connectivity index is 2.73. The van der Waals surface area contributed by atoms with Gasteiger partial charge in [-0.05, 0) is 31.2 Å². The number of carboxylic acid groups (broad SMARTS) is 1. The van der Waals surface area contributed by atoms with Crippen LogP contribution in [0.3, 0.4) is 0 Å². The van der Waals surface area contributed by atoms with E-state index in [0.717, 1.165) is 19.4 Å². The summed E-state index contributed by atoms with van der Waals surface area (Å²) in [6.07, 6.45) is 5.76. The van der Waals surface area contributed by atoms with Gasteiger partial charge in [0.05, 0.1) is 5.56 Å². The molecule has 100 valence electrons. The molecule has 0 aliphatic carbocycles. The van der Waals surface area contributed by atoms with E-state index >= 15 is 0 Å². The van der Waals surface area contributed by atoms with Crippen LogP contribution in [-0.2, 0) is 0 Å². The van der Waals surface area contributed by atoms with Crippen LogP contribution in [-0.4, -0.2) is 33.6 Å². The van der Waals surface area contributed by atoms with E-state index in [1.807, 2.05) is 11.8 Å². The maximum absolute atomic E-state index is 10.9. The van der Waals surface area contributed by atoms with Gasteiger partial charge in [-0.1, -0.05) is 13.8 Å². The van der Waals surface area contributed by atoms with Crippen molar-refractivity contribution >= 4 is 23.5 Å². The topological polar surface area (TPSA) is 62.2 Å². The molecule has 0 saturated heterocycles. The van der Waals surface area contributed by atoms with E-state index in [1.54, 1.807) is 6.07 Å². The number of carbonyl (C=O) groups is 1. The summed E-state index contributed by atoms with van der Waals surface area (Å²) < 4.78 is 0.181. The first-order valence-corrected chi connectivity index (χ1v) is 7.27. The summed E-state index contributed by atoms with van der Waals surface area (Å²) in [5, 5.41) is 12.2. The molecule has 0 saturated carbocycles. The zero-order valence-corrected chi connectivity index (χ0v) is 11.9. The van der Waals surface area contributed by atoms with Gasteiger partial charge in [0.1, 0.15) is 5.82 Å². The van der Waals surface area contributed by atoms with Gasteiger partial charge in [-0.3, -0.25) is 0 Å². The lowest BCUT2D eigenvalue weighted by Gasteiger charge is -2.30. The Hall–Kier alpha value is -1.23. The Morgan fingerprint density at radius 2 is 2.17 bits per heavy atom. The van der Waals surface area contributed by atoms with Gasteiger partial charge in [-0.15, -0.1) is 0 Å². The molecule has 1 aromatic heterocycles. The molecule has 0 atom stereocenters. The van der Waals surface area contributed by atoms with E-state index in [-0.39, 0.29) is 10.3 Å². The molecule has 0 fully saturated rings. The first-order chi connectivity index (χ1) is 8.56. The fourth-order valence-electron chi connectivity index (χ4n) is 1.77. The van der Waals surface area contributed by atoms with Crippen LogP contribution in [0.15, 0.2) is 18.3 Å². The number of thioether (sulfide) groups is 1. The molecule has 0 aliphatic heterocycles. The quantitative estimate of drug-likeness (QED) is 0.795. The van der Waals surface area contributed by atoms with E-state index in [0.29, 0.717) is 5.82 Å². The van der Waals surface area contributed by atoms with Gasteiger partial charge in [0.15, 0.2) is 0 Å². The summed E-state index contributed by atoms with van der Waals surface area (Å²) >= 11 is 1.84. The molecule has 0 bridgehead atoms. The fraction of sp³-hybridized carbons (Fsp3) is 0.538. The van der Waals surface area contributed by atoms with E-state index in [4.69, 9.17) is 5.11 Å². The third-order valence-electron chi connectivity index (χ3n) is 3.32. The van der Waals surface area contributed by atoms with Gasteiger partial charge in [-0.2, -0.15) is 11.8 Å². The fourth-order valence-corrected chi connectivity index (χ4v) is 2.57. The number of carboxylic acids is 1. The van der Waals surface area contributed by atoms with Crippen LogP contribution in [0.4, 0.5) is 5.82 Å². The molecule has 0 spiro atoms. The number of nitrogens with zero attached hydrogens (tertiary/aromatic N) is 1. The van der Waals surface area contributed by atoms with Crippen LogP contribution < -0.4 is 5.32 Å². The first kappa shape index (κ1) is 14.8. The van der Waals surface area contributed by atoms with Gasteiger partial charge < -0.3 is 10.4 Å². The number of aromatic carboxylic acids is 1. The molecule has 0 aromatic carbocycles. The summed E-state index contributed by atoms with van der Waals surface area (Å²) in [6.45, 7) is 5.13. The van der Waals surface area contributed by atoms with Gasteiger partial charge in [0.25, 0.3) is 0 Å². The number of hydrogen-bond donors (Lipinski definition) is 2. The monoisotopic (exact) mass is 268 g/mol. The van der Waals surface area contributed by atoms with Crippen molar-refractivity contribution in [3.8, 4) is 0 Å². The van der Waals surface area contributed by atoms with Gasteiger partial charge in [-0.25, -0.2) is 9.78 Å². The highest BCUT2D eigenvalue weighted by atomic mass is 32.2. The molecule has 4 nitrogen and oxygen atoms in total. The minimum Gasteiger partial charge on any atom is -0.478 e. The number of anilines is 1. The summed E-state index contributed by atoms with van der Waals surface area (Å²) in [5.41, 5.74) is 0.259. The molecule has 1 aromatic rings. The highest BCUT2D eigenvalue weighted by molar-refractivity contribution is 8.00. The summed E-state index contributed by atoms with van der Waals surface area (Å²) in [5.74, 6) is -0.308. The average molecular weight is 268 g/mol. The van der Waals surface area contributed by atoms with Gasteiger partial charge in [0, 0.05) is 17.5 Å². The molecular weight excluding hydrogens is 248 g/mol. The van der Waals surface area contributed by atoms with Crippen LogP contribution in [0.5, 0.6) is 0 Å². The predicted octanol–water partition coefficient (Wildman–Crippen LogP) is 3.11. The van der Waals surface area contributed by atoms with Gasteiger partial charge in [0.2, 0.25) is 0 Å². The Morgan fingerprint density at radius 3 is 2.67 bits per heavy atom. The molecule has 2 N–H and O–H groups in total. The van der Waals surface area contributed by atoms with Crippen LogP contribution in [0, 0.1) is 0 Å². The molecule has 0 radical (unpaired) electrons. The third kappa shape index (κ3) is 3.63. The first-order valence-electron chi connectivity index (χ1n) is 6.05. The second-order valence-corrected chi connectivity index (χ2v) is 5.46. The minimum atomic E-state index is -0.928.